The molecule has 0 radical (unpaired) electrons. The lowest BCUT2D eigenvalue weighted by atomic mass is 9.66. The van der Waals surface area contributed by atoms with Gasteiger partial charge in [0.25, 0.3) is 0 Å². The van der Waals surface area contributed by atoms with E-state index in [1.54, 1.807) is 11.8 Å². The maximum atomic E-state index is 14.1. The molecule has 1 aliphatic rings. The minimum absolute atomic E-state index is 0.164. The number of unbranched alkanes of at least 4 members (excludes halogenated alkanes) is 2. The molecule has 2 aromatic heterocycles. The number of aromatic nitrogens is 4. The number of terminal acetylenes is 1. The molecule has 4 aromatic carbocycles. The number of anilines is 1. The maximum absolute atomic E-state index is 14.1. The number of amides is 1. The van der Waals surface area contributed by atoms with E-state index < -0.39 is 20.0 Å². The molecule has 1 fully saturated rings. The molecule has 3 heterocycles. The van der Waals surface area contributed by atoms with Crippen LogP contribution in [0.5, 0.6) is 0 Å². The Morgan fingerprint density at radius 3 is 2.26 bits per heavy atom. The van der Waals surface area contributed by atoms with Crippen molar-refractivity contribution in [3.63, 3.8) is 0 Å². The topological polar surface area (TPSA) is 124 Å². The van der Waals surface area contributed by atoms with E-state index in [0.29, 0.717) is 47.8 Å². The Morgan fingerprint density at radius 1 is 0.957 bits per heavy atom. The lowest BCUT2D eigenvalue weighted by molar-refractivity contribution is -0.116. The van der Waals surface area contributed by atoms with Gasteiger partial charge in [-0.25, -0.2) is 15.0 Å². The van der Waals surface area contributed by atoms with Gasteiger partial charge in [-0.05, 0) is 81.2 Å². The Morgan fingerprint density at radius 2 is 1.62 bits per heavy atom. The van der Waals surface area contributed by atoms with Crippen molar-refractivity contribution in [1.29, 1.82) is 5.26 Å². The van der Waals surface area contributed by atoms with E-state index >= 15 is 0 Å². The van der Waals surface area contributed by atoms with Crippen LogP contribution in [0.1, 0.15) is 111 Å². The molecule has 5 unspecified atom stereocenters. The summed E-state index contributed by atoms with van der Waals surface area (Å²) in [5.41, 5.74) is 8.59. The molecule has 10 nitrogen and oxygen atoms in total. The highest BCUT2D eigenvalue weighted by atomic mass is 32.2. The number of nitrogens with zero attached hydrogens (tertiary/aromatic N) is 5. The lowest BCUT2D eigenvalue weighted by Gasteiger charge is -2.37. The molecule has 69 heavy (non-hydrogen) atoms. The first kappa shape index (κ1) is 51.0. The van der Waals surface area contributed by atoms with E-state index in [4.69, 9.17) is 30.2 Å². The molecule has 1 amide bonds. The van der Waals surface area contributed by atoms with Crippen LogP contribution in [-0.2, 0) is 24.0 Å². The van der Waals surface area contributed by atoms with Crippen LogP contribution in [0.2, 0.25) is 0 Å². The number of hydrogen-bond acceptors (Lipinski definition) is 9. The molecule has 6 aromatic rings. The Kier molecular flexibility index (Phi) is 18.5. The van der Waals surface area contributed by atoms with E-state index in [-0.39, 0.29) is 43.5 Å². The highest BCUT2D eigenvalue weighted by Crippen LogP contribution is 2.49. The van der Waals surface area contributed by atoms with Crippen LogP contribution in [0.4, 0.5) is 5.82 Å². The fourth-order valence-electron chi connectivity index (χ4n) is 9.28. The van der Waals surface area contributed by atoms with Gasteiger partial charge in [0, 0.05) is 43.0 Å². The van der Waals surface area contributed by atoms with Crippen molar-refractivity contribution in [1.82, 2.24) is 19.5 Å². The number of carbonyl (C=O) groups excluding carboxylic acids is 1. The molecule has 0 bridgehead atoms. The second-order valence-corrected chi connectivity index (χ2v) is 19.8. The summed E-state index contributed by atoms with van der Waals surface area (Å²) >= 11 is 1.62. The number of hydrogen-bond donors (Lipinski definition) is 1. The molecule has 1 aliphatic heterocycles. The number of carbonyl (C=O) groups is 1. The van der Waals surface area contributed by atoms with Crippen molar-refractivity contribution in [3.05, 3.63) is 173 Å². The van der Waals surface area contributed by atoms with Crippen LogP contribution in [-0.4, -0.2) is 56.7 Å². The molecule has 1 N–H and O–H groups in total. The van der Waals surface area contributed by atoms with Crippen LogP contribution in [0.3, 0.4) is 0 Å². The summed E-state index contributed by atoms with van der Waals surface area (Å²) in [5, 5.41) is 13.1. The molecule has 0 spiro atoms. The van der Waals surface area contributed by atoms with Gasteiger partial charge < -0.3 is 19.1 Å². The molecule has 12 heteroatoms. The number of rotatable bonds is 23. The number of benzene rings is 4. The van der Waals surface area contributed by atoms with Gasteiger partial charge in [-0.2, -0.15) is 5.26 Å². The van der Waals surface area contributed by atoms with E-state index in [1.165, 1.54) is 34.1 Å². The summed E-state index contributed by atoms with van der Waals surface area (Å²) < 4.78 is 22.2. The standard InChI is InChI=1S/C57H63N6O4PS/c1-7-10-11-18-37-69-56-62-53-54(61-51(64)38-48(43(9-3)20-8-2)44-21-14-12-15-22-44)59-40-60-55(53)63(56)52-39-50(67-68(6)65-36-19-35-58)49(66-52)33-34-57(45-23-16-13-17-24-45,46-29-25-41(4)26-30-46)47-31-27-42(5)28-32-47/h1,8-9,12-17,20-32,40,48-50,52H,10-11,18-19,33-34,36-39H2,2-6H3,(H,59,60,61,64)/b20-8-,43-9+. The summed E-state index contributed by atoms with van der Waals surface area (Å²) in [5.74, 6) is 3.51. The van der Waals surface area contributed by atoms with E-state index in [1.807, 2.05) is 44.8 Å². The van der Waals surface area contributed by atoms with Crippen LogP contribution < -0.4 is 5.32 Å². The van der Waals surface area contributed by atoms with Gasteiger partial charge in [-0.15, -0.1) is 12.3 Å². The number of fused-ring (bicyclic) bond motifs is 1. The number of ether oxygens (including phenoxy) is 1. The number of allylic oxidation sites excluding steroid dienone is 4. The van der Waals surface area contributed by atoms with Crippen molar-refractivity contribution in [2.75, 3.05) is 24.3 Å². The molecular formula is C57H63N6O4PS. The minimum atomic E-state index is -1.35. The third-order valence-electron chi connectivity index (χ3n) is 12.7. The summed E-state index contributed by atoms with van der Waals surface area (Å²) in [4.78, 5) is 28.7. The van der Waals surface area contributed by atoms with Gasteiger partial charge in [-0.3, -0.25) is 9.36 Å². The Hall–Kier alpha value is -5.91. The SMILES string of the molecule is C#CCCCCSc1nc2c(NC(=O)CC(C(/C=C\C)=C/C)c3ccccc3)ncnc2n1C1CC(OP(C)OCCC#N)C(CCC(c2ccccc2)(c2ccc(C)cc2)c2ccc(C)cc2)O1. The third-order valence-corrected chi connectivity index (χ3v) is 14.9. The first-order valence-electron chi connectivity index (χ1n) is 23.9. The Bertz CT molecular complexity index is 2700. The average Bonchev–Trinajstić information content (AvgIpc) is 3.95. The predicted molar refractivity (Wildman–Crippen MR) is 280 cm³/mol. The highest BCUT2D eigenvalue weighted by Gasteiger charge is 2.44. The molecule has 0 saturated carbocycles. The normalized spacial score (nSPS) is 17.1. The largest absolute Gasteiger partial charge is 0.352 e. The average molecular weight is 959 g/mol. The van der Waals surface area contributed by atoms with Gasteiger partial charge in [-0.1, -0.05) is 150 Å². The maximum Gasteiger partial charge on any atom is 0.226 e. The zero-order valence-electron chi connectivity index (χ0n) is 40.4. The summed E-state index contributed by atoms with van der Waals surface area (Å²) in [6.07, 6.45) is 16.8. The van der Waals surface area contributed by atoms with Crippen molar-refractivity contribution < 1.29 is 18.6 Å². The fourth-order valence-corrected chi connectivity index (χ4v) is 11.3. The fraction of sp³-hybridized carbons (Fsp3) is 0.351. The second-order valence-electron chi connectivity index (χ2n) is 17.4. The van der Waals surface area contributed by atoms with E-state index in [0.717, 1.165) is 29.7 Å². The van der Waals surface area contributed by atoms with Gasteiger partial charge >= 0.3 is 0 Å². The number of nitrogens with one attached hydrogen (secondary N) is 1. The van der Waals surface area contributed by atoms with Crippen LogP contribution in [0.25, 0.3) is 11.2 Å². The zero-order valence-corrected chi connectivity index (χ0v) is 42.1. The van der Waals surface area contributed by atoms with Crippen molar-refractivity contribution >= 4 is 43.0 Å². The van der Waals surface area contributed by atoms with Crippen LogP contribution >= 0.6 is 20.1 Å². The van der Waals surface area contributed by atoms with E-state index in [2.05, 4.69) is 144 Å². The highest BCUT2D eigenvalue weighted by molar-refractivity contribution is 7.99. The van der Waals surface area contributed by atoms with Crippen LogP contribution in [0.15, 0.2) is 144 Å². The smallest absolute Gasteiger partial charge is 0.226 e. The molecule has 7 rings (SSSR count). The predicted octanol–water partition coefficient (Wildman–Crippen LogP) is 13.3. The molecule has 356 valence electrons. The summed E-state index contributed by atoms with van der Waals surface area (Å²) in [6.45, 7) is 10.4. The number of thioether (sulfide) groups is 1. The second kappa shape index (κ2) is 25.1. The quantitative estimate of drug-likeness (QED) is 0.0167. The molecular weight excluding hydrogens is 896 g/mol. The van der Waals surface area contributed by atoms with Gasteiger partial charge in [0.05, 0.1) is 31.3 Å². The molecule has 5 atom stereocenters. The third kappa shape index (κ3) is 12.7. The lowest BCUT2D eigenvalue weighted by Crippen LogP contribution is -2.33. The molecule has 0 aliphatic carbocycles. The van der Waals surface area contributed by atoms with Crippen molar-refractivity contribution in [2.24, 2.45) is 0 Å². The van der Waals surface area contributed by atoms with Crippen molar-refractivity contribution in [2.45, 2.75) is 114 Å². The zero-order chi connectivity index (χ0) is 48.6. The minimum Gasteiger partial charge on any atom is -0.352 e. The first-order chi connectivity index (χ1) is 33.7. The van der Waals surface area contributed by atoms with Gasteiger partial charge in [0.15, 0.2) is 30.5 Å². The summed E-state index contributed by atoms with van der Waals surface area (Å²) in [7, 11) is -1.35. The van der Waals surface area contributed by atoms with E-state index in [9.17, 15) is 10.1 Å². The first-order valence-corrected chi connectivity index (χ1v) is 26.5. The van der Waals surface area contributed by atoms with Crippen molar-refractivity contribution in [3.8, 4) is 18.4 Å². The van der Waals surface area contributed by atoms with Gasteiger partial charge in [0.2, 0.25) is 5.91 Å². The Labute approximate surface area is 413 Å². The number of nitriles is 1. The van der Waals surface area contributed by atoms with Crippen LogP contribution in [0, 0.1) is 37.5 Å². The number of aryl methyl sites for hydroxylation is 2. The molecule has 1 saturated heterocycles. The Balaban J connectivity index is 1.26. The number of imidazole rings is 1. The monoisotopic (exact) mass is 958 g/mol. The van der Waals surface area contributed by atoms with Gasteiger partial charge in [0.1, 0.15) is 12.6 Å². The summed E-state index contributed by atoms with van der Waals surface area (Å²) in [6, 6.07) is 40.8.